The maximum absolute atomic E-state index is 10.8. The topological polar surface area (TPSA) is 71.6 Å². The first-order valence-electron chi connectivity index (χ1n) is 12.0. The first kappa shape index (κ1) is 22.0. The van der Waals surface area contributed by atoms with E-state index in [0.29, 0.717) is 24.2 Å². The van der Waals surface area contributed by atoms with Crippen LogP contribution in [-0.4, -0.2) is 65.6 Å². The van der Waals surface area contributed by atoms with Crippen molar-refractivity contribution in [1.29, 1.82) is 0 Å². The predicted octanol–water partition coefficient (Wildman–Crippen LogP) is 1.81. The van der Waals surface area contributed by atoms with E-state index in [1.807, 2.05) is 0 Å². The van der Waals surface area contributed by atoms with Crippen LogP contribution in [0, 0.1) is 17.8 Å². The number of nitrogens with zero attached hydrogens (tertiary/aromatic N) is 1. The molecule has 1 saturated carbocycles. The molecule has 0 bridgehead atoms. The van der Waals surface area contributed by atoms with Gasteiger partial charge >= 0.3 is 0 Å². The van der Waals surface area contributed by atoms with E-state index in [-0.39, 0.29) is 17.2 Å². The van der Waals surface area contributed by atoms with Crippen molar-refractivity contribution in [3.8, 4) is 0 Å². The summed E-state index contributed by atoms with van der Waals surface area (Å²) < 4.78 is 0. The molecule has 5 N–H and O–H groups in total. The summed E-state index contributed by atoms with van der Waals surface area (Å²) in [6.45, 7) is 11.6. The van der Waals surface area contributed by atoms with E-state index in [0.717, 1.165) is 50.6 Å². The molecule has 6 unspecified atom stereocenters. The van der Waals surface area contributed by atoms with Gasteiger partial charge in [0.15, 0.2) is 0 Å². The standard InChI is InChI=1S/C23H45N5O/c1-22(2)12-17(13-23(3,4)27-22)28(5)21-7-6-19(25-26-21)18-10-16-14-24-9-8-15(16)11-20(18)29/h15-21,24-27,29H,6-14H2,1-5H3. The van der Waals surface area contributed by atoms with Crippen LogP contribution < -0.4 is 21.5 Å². The highest BCUT2D eigenvalue weighted by Crippen LogP contribution is 2.40. The molecule has 0 aromatic carbocycles. The van der Waals surface area contributed by atoms with Crippen LogP contribution in [-0.2, 0) is 0 Å². The third kappa shape index (κ3) is 4.99. The molecule has 0 amide bonds. The Balaban J connectivity index is 1.32. The minimum atomic E-state index is -0.144. The molecule has 0 spiro atoms. The SMILES string of the molecule is CN(C1CC(C)(C)NC(C)(C)C1)C1CCC(C2CC3CNCCC3CC2O)NN1. The van der Waals surface area contributed by atoms with Crippen LogP contribution in [0.25, 0.3) is 0 Å². The molecule has 0 radical (unpaired) electrons. The molecule has 0 aromatic rings. The third-order valence-electron chi connectivity index (χ3n) is 8.32. The van der Waals surface area contributed by atoms with Gasteiger partial charge in [0.2, 0.25) is 0 Å². The van der Waals surface area contributed by atoms with Gasteiger partial charge in [-0.3, -0.25) is 10.3 Å². The predicted molar refractivity (Wildman–Crippen MR) is 118 cm³/mol. The first-order chi connectivity index (χ1) is 13.6. The van der Waals surface area contributed by atoms with Crippen molar-refractivity contribution in [2.75, 3.05) is 20.1 Å². The van der Waals surface area contributed by atoms with Gasteiger partial charge in [0, 0.05) is 29.1 Å². The van der Waals surface area contributed by atoms with Gasteiger partial charge in [-0.25, -0.2) is 5.43 Å². The molecule has 4 aliphatic rings. The van der Waals surface area contributed by atoms with Crippen LogP contribution in [0.4, 0.5) is 0 Å². The Morgan fingerprint density at radius 1 is 0.897 bits per heavy atom. The van der Waals surface area contributed by atoms with Gasteiger partial charge in [-0.05, 0) is 105 Å². The zero-order chi connectivity index (χ0) is 20.8. The Morgan fingerprint density at radius 2 is 1.62 bits per heavy atom. The van der Waals surface area contributed by atoms with Crippen LogP contribution in [0.2, 0.25) is 0 Å². The summed E-state index contributed by atoms with van der Waals surface area (Å²) in [5, 5.41) is 18.2. The fourth-order valence-electron chi connectivity index (χ4n) is 7.11. The van der Waals surface area contributed by atoms with E-state index in [2.05, 4.69) is 61.1 Å². The van der Waals surface area contributed by atoms with Crippen LogP contribution in [0.3, 0.4) is 0 Å². The molecule has 168 valence electrons. The molecular formula is C23H45N5O. The monoisotopic (exact) mass is 407 g/mol. The molecule has 6 nitrogen and oxygen atoms in total. The summed E-state index contributed by atoms with van der Waals surface area (Å²) in [4.78, 5) is 2.56. The lowest BCUT2D eigenvalue weighted by atomic mass is 9.67. The minimum Gasteiger partial charge on any atom is -0.393 e. The molecule has 4 rings (SSSR count). The zero-order valence-corrected chi connectivity index (χ0v) is 19.3. The lowest BCUT2D eigenvalue weighted by molar-refractivity contribution is -0.0327. The van der Waals surface area contributed by atoms with Crippen molar-refractivity contribution in [3.63, 3.8) is 0 Å². The lowest BCUT2D eigenvalue weighted by Crippen LogP contribution is -2.66. The number of fused-ring (bicyclic) bond motifs is 1. The summed E-state index contributed by atoms with van der Waals surface area (Å²) in [5.41, 5.74) is 7.62. The van der Waals surface area contributed by atoms with Gasteiger partial charge < -0.3 is 15.7 Å². The third-order valence-corrected chi connectivity index (χ3v) is 8.32. The van der Waals surface area contributed by atoms with Gasteiger partial charge in [0.1, 0.15) is 0 Å². The second kappa shape index (κ2) is 8.36. The Hall–Kier alpha value is -0.240. The maximum atomic E-state index is 10.8. The summed E-state index contributed by atoms with van der Waals surface area (Å²) in [6.07, 6.45) is 8.26. The number of nitrogens with one attached hydrogen (secondary N) is 4. The van der Waals surface area contributed by atoms with Crippen molar-refractivity contribution in [2.24, 2.45) is 17.8 Å². The van der Waals surface area contributed by atoms with Gasteiger partial charge in [0.05, 0.1) is 12.3 Å². The molecule has 0 aromatic heterocycles. The lowest BCUT2D eigenvalue weighted by Gasteiger charge is -2.52. The quantitative estimate of drug-likeness (QED) is 0.492. The summed E-state index contributed by atoms with van der Waals surface area (Å²) >= 11 is 0. The van der Waals surface area contributed by atoms with E-state index in [4.69, 9.17) is 0 Å². The van der Waals surface area contributed by atoms with Crippen molar-refractivity contribution in [2.45, 2.75) is 108 Å². The van der Waals surface area contributed by atoms with Crippen molar-refractivity contribution in [1.82, 2.24) is 26.4 Å². The smallest absolute Gasteiger partial charge is 0.0729 e. The number of hydrogen-bond acceptors (Lipinski definition) is 6. The Labute approximate surface area is 177 Å². The number of hydrazine groups is 1. The molecule has 3 aliphatic heterocycles. The van der Waals surface area contributed by atoms with Crippen molar-refractivity contribution >= 4 is 0 Å². The number of aliphatic hydroxyl groups is 1. The second-order valence-electron chi connectivity index (χ2n) is 11.8. The van der Waals surface area contributed by atoms with E-state index < -0.39 is 0 Å². The molecular weight excluding hydrogens is 362 g/mol. The molecule has 6 atom stereocenters. The molecule has 3 saturated heterocycles. The fraction of sp³-hybridized carbons (Fsp3) is 1.00. The highest BCUT2D eigenvalue weighted by atomic mass is 16.3. The highest BCUT2D eigenvalue weighted by molar-refractivity contribution is 5.01. The van der Waals surface area contributed by atoms with E-state index >= 15 is 0 Å². The minimum absolute atomic E-state index is 0.144. The number of aliphatic hydroxyl groups excluding tert-OH is 1. The fourth-order valence-corrected chi connectivity index (χ4v) is 7.11. The Bertz CT molecular complexity index is 543. The van der Waals surface area contributed by atoms with Gasteiger partial charge in [-0.1, -0.05) is 0 Å². The van der Waals surface area contributed by atoms with Crippen LogP contribution >= 0.6 is 0 Å². The average molecular weight is 408 g/mol. The van der Waals surface area contributed by atoms with E-state index in [1.54, 1.807) is 0 Å². The molecule has 4 fully saturated rings. The largest absolute Gasteiger partial charge is 0.393 e. The maximum Gasteiger partial charge on any atom is 0.0729 e. The average Bonchev–Trinajstić information content (AvgIpc) is 2.64. The first-order valence-corrected chi connectivity index (χ1v) is 12.0. The van der Waals surface area contributed by atoms with E-state index in [1.165, 1.54) is 19.3 Å². The zero-order valence-electron chi connectivity index (χ0n) is 19.3. The summed E-state index contributed by atoms with van der Waals surface area (Å²) in [5.74, 6) is 1.86. The van der Waals surface area contributed by atoms with Gasteiger partial charge in [-0.2, -0.15) is 0 Å². The molecule has 3 heterocycles. The van der Waals surface area contributed by atoms with Crippen LogP contribution in [0.5, 0.6) is 0 Å². The van der Waals surface area contributed by atoms with Gasteiger partial charge in [0.25, 0.3) is 0 Å². The molecule has 29 heavy (non-hydrogen) atoms. The normalized spacial score (nSPS) is 43.1. The Morgan fingerprint density at radius 3 is 2.28 bits per heavy atom. The van der Waals surface area contributed by atoms with Crippen molar-refractivity contribution in [3.05, 3.63) is 0 Å². The van der Waals surface area contributed by atoms with Gasteiger partial charge in [-0.15, -0.1) is 0 Å². The number of hydrogen-bond donors (Lipinski definition) is 5. The number of piperidine rings is 2. The molecule has 1 aliphatic carbocycles. The second-order valence-corrected chi connectivity index (χ2v) is 11.8. The Kier molecular flexibility index (Phi) is 6.33. The summed E-state index contributed by atoms with van der Waals surface area (Å²) in [6, 6.07) is 0.963. The number of rotatable bonds is 3. The highest BCUT2D eigenvalue weighted by Gasteiger charge is 2.44. The van der Waals surface area contributed by atoms with Crippen LogP contribution in [0.1, 0.15) is 72.6 Å². The summed E-state index contributed by atoms with van der Waals surface area (Å²) in [7, 11) is 2.29. The van der Waals surface area contributed by atoms with E-state index in [9.17, 15) is 5.11 Å². The van der Waals surface area contributed by atoms with Crippen molar-refractivity contribution < 1.29 is 5.11 Å². The van der Waals surface area contributed by atoms with Crippen LogP contribution in [0.15, 0.2) is 0 Å². The molecule has 6 heteroatoms.